The van der Waals surface area contributed by atoms with Crippen molar-refractivity contribution in [3.63, 3.8) is 0 Å². The first-order valence-electron chi connectivity index (χ1n) is 8.68. The number of ether oxygens (including phenoxy) is 1. The molecule has 0 fully saturated rings. The van der Waals surface area contributed by atoms with Crippen molar-refractivity contribution < 1.29 is 18.7 Å². The van der Waals surface area contributed by atoms with E-state index in [1.165, 1.54) is 24.3 Å². The van der Waals surface area contributed by atoms with Crippen molar-refractivity contribution in [2.75, 3.05) is 23.4 Å². The van der Waals surface area contributed by atoms with E-state index >= 15 is 0 Å². The topological polar surface area (TPSA) is 58.6 Å². The molecule has 5 nitrogen and oxygen atoms in total. The van der Waals surface area contributed by atoms with Crippen LogP contribution in [-0.2, 0) is 16.0 Å². The molecule has 0 radical (unpaired) electrons. The van der Waals surface area contributed by atoms with Gasteiger partial charge in [-0.1, -0.05) is 13.0 Å². The molecule has 1 heterocycles. The minimum Gasteiger partial charge on any atom is -0.484 e. The van der Waals surface area contributed by atoms with E-state index in [2.05, 4.69) is 5.32 Å². The molecule has 1 N–H and O–H groups in total. The van der Waals surface area contributed by atoms with Gasteiger partial charge in [-0.2, -0.15) is 0 Å². The summed E-state index contributed by atoms with van der Waals surface area (Å²) in [5, 5.41) is 2.78. The number of carbonyl (C=O) groups is 2. The third-order valence-corrected chi connectivity index (χ3v) is 4.27. The maximum absolute atomic E-state index is 12.9. The molecule has 3 rings (SSSR count). The Hall–Kier alpha value is -2.89. The second kappa shape index (κ2) is 7.99. The molecule has 0 spiro atoms. The van der Waals surface area contributed by atoms with E-state index in [9.17, 15) is 14.0 Å². The number of nitrogens with zero attached hydrogens (tertiary/aromatic N) is 1. The number of hydrogen-bond acceptors (Lipinski definition) is 3. The van der Waals surface area contributed by atoms with Gasteiger partial charge in [0.15, 0.2) is 6.61 Å². The lowest BCUT2D eigenvalue weighted by molar-refractivity contribution is -0.119. The Morgan fingerprint density at radius 3 is 2.69 bits per heavy atom. The van der Waals surface area contributed by atoms with Crippen LogP contribution in [0.25, 0.3) is 0 Å². The van der Waals surface area contributed by atoms with Crippen molar-refractivity contribution >= 4 is 23.2 Å². The van der Waals surface area contributed by atoms with Gasteiger partial charge in [-0.3, -0.25) is 9.59 Å². The number of fused-ring (bicyclic) bond motifs is 1. The van der Waals surface area contributed by atoms with Crippen molar-refractivity contribution in [2.45, 2.75) is 26.2 Å². The molecule has 2 amide bonds. The molecule has 2 aromatic carbocycles. The number of halogens is 1. The van der Waals surface area contributed by atoms with Crippen LogP contribution in [0, 0.1) is 5.82 Å². The molecular weight excluding hydrogens is 335 g/mol. The summed E-state index contributed by atoms with van der Waals surface area (Å²) in [5.41, 5.74) is 2.59. The lowest BCUT2D eigenvalue weighted by Crippen LogP contribution is -2.35. The second-order valence-electron chi connectivity index (χ2n) is 6.14. The van der Waals surface area contributed by atoms with Crippen molar-refractivity contribution in [3.05, 3.63) is 53.8 Å². The largest absolute Gasteiger partial charge is 0.484 e. The lowest BCUT2D eigenvalue weighted by atomic mass is 10.0. The van der Waals surface area contributed by atoms with E-state index in [1.807, 2.05) is 25.1 Å². The number of anilines is 2. The number of amides is 2. The fourth-order valence-electron chi connectivity index (χ4n) is 2.98. The lowest BCUT2D eigenvalue weighted by Gasteiger charge is -2.29. The Balaban J connectivity index is 1.65. The zero-order valence-corrected chi connectivity index (χ0v) is 14.6. The molecule has 26 heavy (non-hydrogen) atoms. The molecule has 6 heteroatoms. The molecule has 1 aliphatic rings. The van der Waals surface area contributed by atoms with Crippen LogP contribution in [0.2, 0.25) is 0 Å². The highest BCUT2D eigenvalue weighted by Crippen LogP contribution is 2.30. The van der Waals surface area contributed by atoms with Gasteiger partial charge in [0, 0.05) is 24.3 Å². The van der Waals surface area contributed by atoms with Gasteiger partial charge in [0.1, 0.15) is 11.6 Å². The molecule has 0 unspecified atom stereocenters. The summed E-state index contributed by atoms with van der Waals surface area (Å²) in [5.74, 6) is -0.179. The molecule has 0 bridgehead atoms. The van der Waals surface area contributed by atoms with Crippen molar-refractivity contribution in [2.24, 2.45) is 0 Å². The van der Waals surface area contributed by atoms with Crippen LogP contribution >= 0.6 is 0 Å². The fraction of sp³-hybridized carbons (Fsp3) is 0.300. The molecule has 1 aliphatic heterocycles. The van der Waals surface area contributed by atoms with Gasteiger partial charge in [-0.05, 0) is 54.8 Å². The zero-order chi connectivity index (χ0) is 18.5. The van der Waals surface area contributed by atoms with Crippen LogP contribution in [0.3, 0.4) is 0 Å². The first-order valence-corrected chi connectivity index (χ1v) is 8.68. The maximum atomic E-state index is 12.9. The van der Waals surface area contributed by atoms with Crippen LogP contribution < -0.4 is 15.0 Å². The minimum atomic E-state index is -0.359. The summed E-state index contributed by atoms with van der Waals surface area (Å²) >= 11 is 0. The number of carbonyl (C=O) groups excluding carboxylic acids is 2. The number of hydrogen-bond donors (Lipinski definition) is 1. The summed E-state index contributed by atoms with van der Waals surface area (Å²) < 4.78 is 18.2. The van der Waals surface area contributed by atoms with Gasteiger partial charge in [0.25, 0.3) is 5.91 Å². The minimum absolute atomic E-state index is 0.0778. The van der Waals surface area contributed by atoms with Gasteiger partial charge in [-0.25, -0.2) is 4.39 Å². The van der Waals surface area contributed by atoms with Gasteiger partial charge < -0.3 is 15.0 Å². The number of aryl methyl sites for hydroxylation is 1. The van der Waals surface area contributed by atoms with Crippen LogP contribution in [0.15, 0.2) is 42.5 Å². The Morgan fingerprint density at radius 1 is 1.19 bits per heavy atom. The van der Waals surface area contributed by atoms with Crippen molar-refractivity contribution in [1.82, 2.24) is 0 Å². The van der Waals surface area contributed by atoms with Crippen LogP contribution in [-0.4, -0.2) is 25.0 Å². The SMILES string of the molecule is CCC(=O)N1CCCc2ccc(NC(=O)COc3ccc(F)cc3)cc21. The molecule has 2 aromatic rings. The Bertz CT molecular complexity index is 805. The summed E-state index contributed by atoms with van der Waals surface area (Å²) in [4.78, 5) is 26.0. The average Bonchev–Trinajstić information content (AvgIpc) is 2.66. The number of benzene rings is 2. The Labute approximate surface area is 151 Å². The van der Waals surface area contributed by atoms with E-state index < -0.39 is 0 Å². The van der Waals surface area contributed by atoms with Crippen LogP contribution in [0.1, 0.15) is 25.3 Å². The highest BCUT2D eigenvalue weighted by atomic mass is 19.1. The predicted molar refractivity (Wildman–Crippen MR) is 97.9 cm³/mol. The fourth-order valence-corrected chi connectivity index (χ4v) is 2.98. The van der Waals surface area contributed by atoms with E-state index in [-0.39, 0.29) is 24.2 Å². The second-order valence-corrected chi connectivity index (χ2v) is 6.14. The highest BCUT2D eigenvalue weighted by molar-refractivity contribution is 5.97. The first-order chi connectivity index (χ1) is 12.6. The van der Waals surface area contributed by atoms with Gasteiger partial charge >= 0.3 is 0 Å². The van der Waals surface area contributed by atoms with E-state index in [0.717, 1.165) is 24.1 Å². The van der Waals surface area contributed by atoms with Crippen LogP contribution in [0.5, 0.6) is 5.75 Å². The maximum Gasteiger partial charge on any atom is 0.262 e. The summed E-state index contributed by atoms with van der Waals surface area (Å²) in [7, 11) is 0. The average molecular weight is 356 g/mol. The first kappa shape index (κ1) is 17.9. The van der Waals surface area contributed by atoms with Crippen molar-refractivity contribution in [3.8, 4) is 5.75 Å². The number of nitrogens with one attached hydrogen (secondary N) is 1. The molecule has 0 saturated heterocycles. The quantitative estimate of drug-likeness (QED) is 0.892. The third kappa shape index (κ3) is 4.20. The predicted octanol–water partition coefficient (Wildman–Crippen LogP) is 3.53. The third-order valence-electron chi connectivity index (χ3n) is 4.27. The zero-order valence-electron chi connectivity index (χ0n) is 14.6. The summed E-state index contributed by atoms with van der Waals surface area (Å²) in [6.45, 7) is 2.36. The van der Waals surface area contributed by atoms with E-state index in [0.29, 0.717) is 24.4 Å². The van der Waals surface area contributed by atoms with Gasteiger partial charge in [-0.15, -0.1) is 0 Å². The molecule has 0 atom stereocenters. The summed E-state index contributed by atoms with van der Waals surface area (Å²) in [6, 6.07) is 11.1. The molecular formula is C20H21FN2O3. The summed E-state index contributed by atoms with van der Waals surface area (Å²) in [6.07, 6.45) is 2.31. The van der Waals surface area contributed by atoms with Gasteiger partial charge in [0.05, 0.1) is 0 Å². The molecule has 136 valence electrons. The smallest absolute Gasteiger partial charge is 0.262 e. The Kier molecular flexibility index (Phi) is 5.51. The van der Waals surface area contributed by atoms with E-state index in [1.54, 1.807) is 4.90 Å². The van der Waals surface area contributed by atoms with Crippen molar-refractivity contribution in [1.29, 1.82) is 0 Å². The van der Waals surface area contributed by atoms with Gasteiger partial charge in [0.2, 0.25) is 5.91 Å². The molecule has 0 aliphatic carbocycles. The standard InChI is InChI=1S/C20H21FN2O3/c1-2-20(25)23-11-3-4-14-5-8-16(12-18(14)23)22-19(24)13-26-17-9-6-15(21)7-10-17/h5-10,12H,2-4,11,13H2,1H3,(H,22,24). The monoisotopic (exact) mass is 356 g/mol. The molecule has 0 saturated carbocycles. The highest BCUT2D eigenvalue weighted by Gasteiger charge is 2.21. The number of rotatable bonds is 5. The molecule has 0 aromatic heterocycles. The Morgan fingerprint density at radius 2 is 1.96 bits per heavy atom. The van der Waals surface area contributed by atoms with Crippen LogP contribution in [0.4, 0.5) is 15.8 Å². The van der Waals surface area contributed by atoms with E-state index in [4.69, 9.17) is 4.74 Å². The normalized spacial score (nSPS) is 13.1.